The molecule has 35 heavy (non-hydrogen) atoms. The fourth-order valence-electron chi connectivity index (χ4n) is 7.76. The molecule has 5 aliphatic rings. The molecule has 5 fully saturated rings. The molecule has 1 aromatic rings. The number of nitrogens with one attached hydrogen (secondary N) is 3. The first-order chi connectivity index (χ1) is 17.0. The van der Waals surface area contributed by atoms with Crippen LogP contribution in [0, 0.1) is 17.8 Å². The van der Waals surface area contributed by atoms with Crippen molar-refractivity contribution in [1.82, 2.24) is 10.2 Å². The van der Waals surface area contributed by atoms with Crippen molar-refractivity contribution in [2.45, 2.75) is 95.1 Å². The molecule has 1 heterocycles. The van der Waals surface area contributed by atoms with E-state index < -0.39 is 0 Å². The number of carbonyl (C=O) groups is 2. The Morgan fingerprint density at radius 3 is 2.31 bits per heavy atom. The SMILES string of the molecule is CN(CCCCCCCNc1cccc(NC2CCC(=O)NC2=O)c1)C12CC3CC(CC(C3)C1)C2. The zero-order valence-corrected chi connectivity index (χ0v) is 21.5. The van der Waals surface area contributed by atoms with Crippen molar-refractivity contribution in [2.75, 3.05) is 30.8 Å². The molecular formula is C29H44N4O2. The summed E-state index contributed by atoms with van der Waals surface area (Å²) in [6.07, 6.45) is 16.4. The zero-order valence-electron chi connectivity index (χ0n) is 21.5. The third kappa shape index (κ3) is 6.02. The van der Waals surface area contributed by atoms with Crippen LogP contribution in [0.25, 0.3) is 0 Å². The van der Waals surface area contributed by atoms with Gasteiger partial charge in [-0.05, 0) is 107 Å². The first kappa shape index (κ1) is 24.6. The van der Waals surface area contributed by atoms with E-state index >= 15 is 0 Å². The number of rotatable bonds is 12. The van der Waals surface area contributed by atoms with Gasteiger partial charge in [0.05, 0.1) is 0 Å². The molecule has 1 unspecified atom stereocenters. The summed E-state index contributed by atoms with van der Waals surface area (Å²) >= 11 is 0. The van der Waals surface area contributed by atoms with Crippen LogP contribution < -0.4 is 16.0 Å². The number of carbonyl (C=O) groups excluding carboxylic acids is 2. The summed E-state index contributed by atoms with van der Waals surface area (Å²) in [5.41, 5.74) is 2.53. The van der Waals surface area contributed by atoms with Gasteiger partial charge in [-0.15, -0.1) is 0 Å². The number of hydrogen-bond acceptors (Lipinski definition) is 5. The highest BCUT2D eigenvalue weighted by Gasteiger charge is 2.52. The van der Waals surface area contributed by atoms with Gasteiger partial charge in [0, 0.05) is 29.9 Å². The van der Waals surface area contributed by atoms with Crippen molar-refractivity contribution in [1.29, 1.82) is 0 Å². The summed E-state index contributed by atoms with van der Waals surface area (Å²) in [4.78, 5) is 26.1. The maximum absolute atomic E-state index is 12.0. The van der Waals surface area contributed by atoms with Gasteiger partial charge in [0.1, 0.15) is 6.04 Å². The Bertz CT molecular complexity index is 865. The van der Waals surface area contributed by atoms with Gasteiger partial charge in [0.25, 0.3) is 0 Å². The number of benzene rings is 1. The molecule has 4 bridgehead atoms. The second-order valence-electron chi connectivity index (χ2n) is 12.0. The van der Waals surface area contributed by atoms with Gasteiger partial charge >= 0.3 is 0 Å². The van der Waals surface area contributed by atoms with Crippen molar-refractivity contribution in [2.24, 2.45) is 17.8 Å². The van der Waals surface area contributed by atoms with Crippen LogP contribution in [-0.2, 0) is 9.59 Å². The van der Waals surface area contributed by atoms with Crippen molar-refractivity contribution in [3.8, 4) is 0 Å². The van der Waals surface area contributed by atoms with Crippen LogP contribution in [0.2, 0.25) is 0 Å². The predicted octanol–water partition coefficient (Wildman–Crippen LogP) is 5.17. The average molecular weight is 481 g/mol. The standard InChI is InChI=1S/C29H44N4O2/c1-33(29-18-21-14-22(19-29)16-23(15-21)20-29)13-6-4-2-3-5-12-30-24-8-7-9-25(17-24)31-26-10-11-27(34)32-28(26)35/h7-9,17,21-23,26,30-31H,2-6,10-16,18-20H2,1H3,(H,32,34,35). The minimum atomic E-state index is -0.343. The second kappa shape index (κ2) is 10.9. The molecule has 6 rings (SSSR count). The van der Waals surface area contributed by atoms with Gasteiger partial charge in [-0.3, -0.25) is 14.9 Å². The Balaban J connectivity index is 0.947. The fourth-order valence-corrected chi connectivity index (χ4v) is 7.76. The van der Waals surface area contributed by atoms with Crippen molar-refractivity contribution in [3.05, 3.63) is 24.3 Å². The lowest BCUT2D eigenvalue weighted by molar-refractivity contribution is -0.133. The number of imide groups is 1. The minimum absolute atomic E-state index is 0.182. The maximum atomic E-state index is 12.0. The molecule has 4 saturated carbocycles. The molecule has 1 atom stereocenters. The Hall–Kier alpha value is -2.08. The van der Waals surface area contributed by atoms with Crippen molar-refractivity contribution in [3.63, 3.8) is 0 Å². The van der Waals surface area contributed by atoms with E-state index in [9.17, 15) is 9.59 Å². The van der Waals surface area contributed by atoms with Crippen LogP contribution in [0.4, 0.5) is 11.4 Å². The van der Waals surface area contributed by atoms with Crippen LogP contribution in [-0.4, -0.2) is 48.4 Å². The molecule has 1 aromatic carbocycles. The highest BCUT2D eigenvalue weighted by atomic mass is 16.2. The summed E-state index contributed by atoms with van der Waals surface area (Å²) < 4.78 is 0. The molecule has 4 aliphatic carbocycles. The Kier molecular flexibility index (Phi) is 7.66. The van der Waals surface area contributed by atoms with Crippen LogP contribution in [0.3, 0.4) is 0 Å². The van der Waals surface area contributed by atoms with Crippen LogP contribution >= 0.6 is 0 Å². The predicted molar refractivity (Wildman–Crippen MR) is 141 cm³/mol. The van der Waals surface area contributed by atoms with Gasteiger partial charge in [0.2, 0.25) is 11.8 Å². The molecular weight excluding hydrogens is 436 g/mol. The van der Waals surface area contributed by atoms with Gasteiger partial charge in [0.15, 0.2) is 0 Å². The second-order valence-corrected chi connectivity index (χ2v) is 12.0. The Labute approximate surface area is 211 Å². The maximum Gasteiger partial charge on any atom is 0.249 e. The summed E-state index contributed by atoms with van der Waals surface area (Å²) in [6.45, 7) is 2.24. The minimum Gasteiger partial charge on any atom is -0.385 e. The van der Waals surface area contributed by atoms with E-state index in [1.165, 1.54) is 77.2 Å². The molecule has 0 spiro atoms. The van der Waals surface area contributed by atoms with Crippen molar-refractivity contribution < 1.29 is 9.59 Å². The molecule has 0 radical (unpaired) electrons. The van der Waals surface area contributed by atoms with Crippen LogP contribution in [0.1, 0.15) is 83.5 Å². The van der Waals surface area contributed by atoms with E-state index in [1.807, 2.05) is 18.2 Å². The number of nitrogens with zero attached hydrogens (tertiary/aromatic N) is 1. The van der Waals surface area contributed by atoms with Gasteiger partial charge in [-0.1, -0.05) is 25.3 Å². The zero-order chi connectivity index (χ0) is 24.3. The van der Waals surface area contributed by atoms with E-state index in [4.69, 9.17) is 0 Å². The van der Waals surface area contributed by atoms with E-state index in [0.717, 1.165) is 35.7 Å². The molecule has 3 N–H and O–H groups in total. The van der Waals surface area contributed by atoms with E-state index in [2.05, 4.69) is 34.0 Å². The summed E-state index contributed by atoms with van der Waals surface area (Å²) in [5.74, 6) is 2.68. The van der Waals surface area contributed by atoms with Gasteiger partial charge < -0.3 is 15.5 Å². The molecule has 0 aromatic heterocycles. The third-order valence-corrected chi connectivity index (χ3v) is 9.26. The number of unbranched alkanes of at least 4 members (excludes halogenated alkanes) is 4. The number of hydrogen-bond donors (Lipinski definition) is 3. The van der Waals surface area contributed by atoms with E-state index in [1.54, 1.807) is 0 Å². The third-order valence-electron chi connectivity index (χ3n) is 9.26. The van der Waals surface area contributed by atoms with Crippen molar-refractivity contribution >= 4 is 23.2 Å². The van der Waals surface area contributed by atoms with Crippen LogP contribution in [0.5, 0.6) is 0 Å². The lowest BCUT2D eigenvalue weighted by Crippen LogP contribution is -2.58. The Morgan fingerprint density at radius 1 is 0.943 bits per heavy atom. The average Bonchev–Trinajstić information content (AvgIpc) is 2.82. The van der Waals surface area contributed by atoms with Gasteiger partial charge in [-0.25, -0.2) is 0 Å². The molecule has 2 amide bonds. The lowest BCUT2D eigenvalue weighted by Gasteiger charge is -2.60. The molecule has 192 valence electrons. The molecule has 1 aliphatic heterocycles. The normalized spacial score (nSPS) is 31.6. The topological polar surface area (TPSA) is 73.5 Å². The smallest absolute Gasteiger partial charge is 0.249 e. The monoisotopic (exact) mass is 480 g/mol. The summed E-state index contributed by atoms with van der Waals surface area (Å²) in [5, 5.41) is 9.18. The quantitative estimate of drug-likeness (QED) is 0.284. The number of amides is 2. The first-order valence-corrected chi connectivity index (χ1v) is 14.1. The van der Waals surface area contributed by atoms with E-state index in [-0.39, 0.29) is 17.9 Å². The van der Waals surface area contributed by atoms with Gasteiger partial charge in [-0.2, -0.15) is 0 Å². The molecule has 6 heteroatoms. The highest BCUT2D eigenvalue weighted by Crippen LogP contribution is 2.57. The largest absolute Gasteiger partial charge is 0.385 e. The molecule has 1 saturated heterocycles. The van der Waals surface area contributed by atoms with E-state index in [0.29, 0.717) is 18.4 Å². The summed E-state index contributed by atoms with van der Waals surface area (Å²) in [6, 6.07) is 7.73. The number of piperidine rings is 1. The lowest BCUT2D eigenvalue weighted by atomic mass is 9.52. The highest BCUT2D eigenvalue weighted by molar-refractivity contribution is 6.01. The number of anilines is 2. The fraction of sp³-hybridized carbons (Fsp3) is 0.724. The molecule has 6 nitrogen and oxygen atoms in total. The first-order valence-electron chi connectivity index (χ1n) is 14.1. The summed E-state index contributed by atoms with van der Waals surface area (Å²) in [7, 11) is 2.42. The Morgan fingerprint density at radius 2 is 1.60 bits per heavy atom. The van der Waals surface area contributed by atoms with Crippen LogP contribution in [0.15, 0.2) is 24.3 Å².